The first-order valence-corrected chi connectivity index (χ1v) is 7.48. The Morgan fingerprint density at radius 2 is 1.59 bits per heavy atom. The summed E-state index contributed by atoms with van der Waals surface area (Å²) >= 11 is 0. The van der Waals surface area contributed by atoms with E-state index in [0.717, 1.165) is 16.7 Å². The van der Waals surface area contributed by atoms with Crippen molar-refractivity contribution in [1.82, 2.24) is 0 Å². The number of rotatable bonds is 4. The summed E-state index contributed by atoms with van der Waals surface area (Å²) in [6.07, 6.45) is -0.748. The molecule has 1 atom stereocenters. The number of hydrogen-bond donors (Lipinski definition) is 0. The van der Waals surface area contributed by atoms with Crippen LogP contribution in [0.3, 0.4) is 0 Å². The Labute approximate surface area is 132 Å². The average molecular weight is 300 g/mol. The third kappa shape index (κ3) is 4.92. The molecule has 3 heteroatoms. The molecule has 22 heavy (non-hydrogen) atoms. The van der Waals surface area contributed by atoms with Crippen molar-refractivity contribution in [3.63, 3.8) is 0 Å². The van der Waals surface area contributed by atoms with Crippen molar-refractivity contribution in [2.45, 2.75) is 33.8 Å². The Balaban J connectivity index is 0.00000116. The van der Waals surface area contributed by atoms with Gasteiger partial charge in [0.15, 0.2) is 0 Å². The van der Waals surface area contributed by atoms with Gasteiger partial charge in [0.05, 0.1) is 7.11 Å². The number of carbonyl (C=O) groups excluding carboxylic acids is 1. The molecule has 0 radical (unpaired) electrons. The number of hydrogen-bond acceptors (Lipinski definition) is 3. The van der Waals surface area contributed by atoms with Crippen LogP contribution in [0, 0.1) is 13.8 Å². The van der Waals surface area contributed by atoms with Gasteiger partial charge in [-0.3, -0.25) is 0 Å². The molecule has 0 bridgehead atoms. The molecule has 0 amide bonds. The normalized spacial score (nSPS) is 11.0. The van der Waals surface area contributed by atoms with Crippen molar-refractivity contribution < 1.29 is 14.3 Å². The van der Waals surface area contributed by atoms with E-state index in [4.69, 9.17) is 9.47 Å². The fourth-order valence-electron chi connectivity index (χ4n) is 1.93. The molecule has 0 aliphatic heterocycles. The molecule has 1 unspecified atom stereocenters. The van der Waals surface area contributed by atoms with Gasteiger partial charge in [0.1, 0.15) is 5.75 Å². The Bertz CT molecular complexity index is 588. The predicted molar refractivity (Wildman–Crippen MR) is 89.1 cm³/mol. The molecule has 3 nitrogen and oxygen atoms in total. The van der Waals surface area contributed by atoms with Crippen molar-refractivity contribution in [3.05, 3.63) is 65.2 Å². The molecule has 2 aromatic carbocycles. The highest BCUT2D eigenvalue weighted by atomic mass is 16.6. The number of ether oxygens (including phenoxy) is 2. The highest BCUT2D eigenvalue weighted by molar-refractivity contribution is 5.76. The monoisotopic (exact) mass is 300 g/mol. The molecular formula is C19H24O3. The molecule has 0 aromatic heterocycles. The minimum absolute atomic E-state index is 0.407. The van der Waals surface area contributed by atoms with Crippen molar-refractivity contribution in [2.75, 3.05) is 7.11 Å². The first kappa shape index (κ1) is 17.8. The molecule has 0 aliphatic carbocycles. The average Bonchev–Trinajstić information content (AvgIpc) is 2.55. The lowest BCUT2D eigenvalue weighted by Crippen LogP contribution is -2.20. The third-order valence-electron chi connectivity index (χ3n) is 3.04. The Morgan fingerprint density at radius 3 is 2.14 bits per heavy atom. The van der Waals surface area contributed by atoms with E-state index in [9.17, 15) is 4.79 Å². The fraction of sp³-hybridized carbons (Fsp3) is 0.316. The summed E-state index contributed by atoms with van der Waals surface area (Å²) in [6.45, 7) is 7.98. The van der Waals surface area contributed by atoms with Crippen molar-refractivity contribution >= 4 is 5.97 Å². The second-order valence-electron chi connectivity index (χ2n) is 4.75. The summed E-state index contributed by atoms with van der Waals surface area (Å²) in [5.74, 6) is 0.247. The van der Waals surface area contributed by atoms with Crippen molar-refractivity contribution in [3.8, 4) is 5.75 Å². The summed E-state index contributed by atoms with van der Waals surface area (Å²) in [7, 11) is 1.36. The van der Waals surface area contributed by atoms with Gasteiger partial charge < -0.3 is 9.47 Å². The lowest BCUT2D eigenvalue weighted by molar-refractivity contribution is -0.149. The van der Waals surface area contributed by atoms with Gasteiger partial charge in [-0.15, -0.1) is 0 Å². The zero-order valence-electron chi connectivity index (χ0n) is 13.9. The van der Waals surface area contributed by atoms with E-state index in [1.807, 2.05) is 76.2 Å². The maximum absolute atomic E-state index is 11.9. The SMILES string of the molecule is CC.COC(=O)C(Oc1cccc(C)c1)c1ccc(C)cc1. The van der Waals surface area contributed by atoms with Gasteiger partial charge in [0.25, 0.3) is 0 Å². The number of aryl methyl sites for hydroxylation is 2. The first-order chi connectivity index (χ1) is 10.6. The van der Waals surface area contributed by atoms with Gasteiger partial charge >= 0.3 is 5.97 Å². The minimum atomic E-state index is -0.748. The van der Waals surface area contributed by atoms with Gasteiger partial charge in [-0.1, -0.05) is 55.8 Å². The van der Waals surface area contributed by atoms with Crippen LogP contribution in [0.4, 0.5) is 0 Å². The van der Waals surface area contributed by atoms with Crippen LogP contribution in [-0.2, 0) is 9.53 Å². The van der Waals surface area contributed by atoms with Crippen LogP contribution in [0.2, 0.25) is 0 Å². The molecule has 0 saturated carbocycles. The Hall–Kier alpha value is -2.29. The molecular weight excluding hydrogens is 276 g/mol. The summed E-state index contributed by atoms with van der Waals surface area (Å²) in [5, 5.41) is 0. The summed E-state index contributed by atoms with van der Waals surface area (Å²) in [6, 6.07) is 15.3. The van der Waals surface area contributed by atoms with E-state index in [1.165, 1.54) is 7.11 Å². The zero-order valence-corrected chi connectivity index (χ0v) is 13.9. The molecule has 2 aromatic rings. The third-order valence-corrected chi connectivity index (χ3v) is 3.04. The smallest absolute Gasteiger partial charge is 0.351 e. The standard InChI is InChI=1S/C17H18O3.C2H6/c1-12-7-9-14(10-8-12)16(17(18)19-3)20-15-6-4-5-13(2)11-15;1-2/h4-11,16H,1-3H3;1-2H3. The largest absolute Gasteiger partial charge is 0.474 e. The number of benzene rings is 2. The van der Waals surface area contributed by atoms with Gasteiger partial charge in [-0.25, -0.2) is 4.79 Å². The van der Waals surface area contributed by atoms with Gasteiger partial charge in [0.2, 0.25) is 6.10 Å². The molecule has 118 valence electrons. The predicted octanol–water partition coefficient (Wildman–Crippen LogP) is 4.62. The maximum Gasteiger partial charge on any atom is 0.351 e. The van der Waals surface area contributed by atoms with E-state index >= 15 is 0 Å². The molecule has 0 spiro atoms. The Kier molecular flexibility index (Phi) is 7.17. The molecule has 0 aliphatic rings. The molecule has 0 N–H and O–H groups in total. The van der Waals surface area contributed by atoms with Crippen molar-refractivity contribution in [1.29, 1.82) is 0 Å². The van der Waals surface area contributed by atoms with Gasteiger partial charge in [-0.05, 0) is 31.5 Å². The number of carbonyl (C=O) groups is 1. The topological polar surface area (TPSA) is 35.5 Å². The van der Waals surface area contributed by atoms with Crippen LogP contribution < -0.4 is 4.74 Å². The lowest BCUT2D eigenvalue weighted by Gasteiger charge is -2.17. The van der Waals surface area contributed by atoms with E-state index in [-0.39, 0.29) is 0 Å². The maximum atomic E-state index is 11.9. The van der Waals surface area contributed by atoms with Crippen LogP contribution in [0.25, 0.3) is 0 Å². The molecule has 0 saturated heterocycles. The minimum Gasteiger partial charge on any atom is -0.474 e. The van der Waals surface area contributed by atoms with Crippen LogP contribution in [0.15, 0.2) is 48.5 Å². The number of esters is 1. The van der Waals surface area contributed by atoms with Crippen LogP contribution in [-0.4, -0.2) is 13.1 Å². The second kappa shape index (κ2) is 8.88. The highest BCUT2D eigenvalue weighted by Crippen LogP contribution is 2.24. The van der Waals surface area contributed by atoms with Gasteiger partial charge in [0, 0.05) is 5.56 Å². The van der Waals surface area contributed by atoms with Crippen LogP contribution >= 0.6 is 0 Å². The number of methoxy groups -OCH3 is 1. The molecule has 2 rings (SSSR count). The zero-order chi connectivity index (χ0) is 16.5. The molecule has 0 fully saturated rings. The van der Waals surface area contributed by atoms with E-state index in [1.54, 1.807) is 0 Å². The first-order valence-electron chi connectivity index (χ1n) is 7.48. The van der Waals surface area contributed by atoms with Gasteiger partial charge in [-0.2, -0.15) is 0 Å². The molecule has 0 heterocycles. The second-order valence-corrected chi connectivity index (χ2v) is 4.75. The van der Waals surface area contributed by atoms with Crippen molar-refractivity contribution in [2.24, 2.45) is 0 Å². The van der Waals surface area contributed by atoms with E-state index in [2.05, 4.69) is 0 Å². The lowest BCUT2D eigenvalue weighted by atomic mass is 10.1. The fourth-order valence-corrected chi connectivity index (χ4v) is 1.93. The van der Waals surface area contributed by atoms with Crippen LogP contribution in [0.1, 0.15) is 36.6 Å². The quantitative estimate of drug-likeness (QED) is 0.773. The van der Waals surface area contributed by atoms with E-state index < -0.39 is 12.1 Å². The Morgan fingerprint density at radius 1 is 0.955 bits per heavy atom. The van der Waals surface area contributed by atoms with E-state index in [0.29, 0.717) is 5.75 Å². The highest BCUT2D eigenvalue weighted by Gasteiger charge is 2.23. The van der Waals surface area contributed by atoms with Crippen LogP contribution in [0.5, 0.6) is 5.75 Å². The summed E-state index contributed by atoms with van der Waals surface area (Å²) < 4.78 is 10.6. The summed E-state index contributed by atoms with van der Waals surface area (Å²) in [5.41, 5.74) is 2.99. The summed E-state index contributed by atoms with van der Waals surface area (Å²) in [4.78, 5) is 11.9.